The van der Waals surface area contributed by atoms with Crippen molar-refractivity contribution < 1.29 is 14.3 Å². The molecule has 0 spiro atoms. The van der Waals surface area contributed by atoms with Gasteiger partial charge in [-0.3, -0.25) is 9.59 Å². The van der Waals surface area contributed by atoms with E-state index in [4.69, 9.17) is 17.0 Å². The molecule has 0 heterocycles. The number of thiocarbonyl (C=S) groups is 1. The summed E-state index contributed by atoms with van der Waals surface area (Å²) in [7, 11) is 0. The molecule has 0 aliphatic heterocycles. The van der Waals surface area contributed by atoms with Crippen molar-refractivity contribution in [2.24, 2.45) is 5.92 Å². The first-order chi connectivity index (χ1) is 14.5. The Labute approximate surface area is 182 Å². The maximum Gasteiger partial charge on any atom is 0.257 e. The lowest BCUT2D eigenvalue weighted by atomic mass is 10.0. The van der Waals surface area contributed by atoms with E-state index in [1.54, 1.807) is 48.5 Å². The van der Waals surface area contributed by atoms with Gasteiger partial charge in [0.25, 0.3) is 5.91 Å². The van der Waals surface area contributed by atoms with E-state index in [1.807, 2.05) is 6.92 Å². The molecule has 30 heavy (non-hydrogen) atoms. The van der Waals surface area contributed by atoms with Crippen LogP contribution >= 0.6 is 12.2 Å². The Bertz CT molecular complexity index is 893. The van der Waals surface area contributed by atoms with Crippen molar-refractivity contribution in [3.63, 3.8) is 0 Å². The molecule has 158 valence electrons. The van der Waals surface area contributed by atoms with Crippen molar-refractivity contribution >= 4 is 40.5 Å². The van der Waals surface area contributed by atoms with Gasteiger partial charge in [-0.05, 0) is 74.3 Å². The molecule has 3 N–H and O–H groups in total. The van der Waals surface area contributed by atoms with Crippen LogP contribution < -0.4 is 20.7 Å². The van der Waals surface area contributed by atoms with Gasteiger partial charge in [-0.15, -0.1) is 0 Å². The summed E-state index contributed by atoms with van der Waals surface area (Å²) in [4.78, 5) is 25.0. The SMILES string of the molecule is CCOc1ccc(NC(=O)c2ccccc2NC(=S)NC(=O)CC2CCCC2)cc1. The molecular weight excluding hydrogens is 398 g/mol. The Morgan fingerprint density at radius 1 is 1.03 bits per heavy atom. The third-order valence-electron chi connectivity index (χ3n) is 5.04. The number of carbonyl (C=O) groups is 2. The molecule has 7 heteroatoms. The summed E-state index contributed by atoms with van der Waals surface area (Å²) in [5, 5.41) is 8.76. The summed E-state index contributed by atoms with van der Waals surface area (Å²) >= 11 is 5.28. The molecule has 1 aliphatic rings. The zero-order chi connectivity index (χ0) is 21.3. The van der Waals surface area contributed by atoms with E-state index in [1.165, 1.54) is 12.8 Å². The van der Waals surface area contributed by atoms with Crippen molar-refractivity contribution in [3.05, 3.63) is 54.1 Å². The monoisotopic (exact) mass is 425 g/mol. The third-order valence-corrected chi connectivity index (χ3v) is 5.25. The molecule has 1 fully saturated rings. The van der Waals surface area contributed by atoms with E-state index >= 15 is 0 Å². The molecule has 0 aromatic heterocycles. The van der Waals surface area contributed by atoms with Crippen LogP contribution in [0.1, 0.15) is 49.4 Å². The minimum atomic E-state index is -0.276. The van der Waals surface area contributed by atoms with Gasteiger partial charge in [-0.25, -0.2) is 0 Å². The van der Waals surface area contributed by atoms with Gasteiger partial charge in [0.05, 0.1) is 17.9 Å². The lowest BCUT2D eigenvalue weighted by Gasteiger charge is -2.15. The molecule has 0 radical (unpaired) electrons. The largest absolute Gasteiger partial charge is 0.494 e. The zero-order valence-corrected chi connectivity index (χ0v) is 17.9. The van der Waals surface area contributed by atoms with Crippen LogP contribution in [0.5, 0.6) is 5.75 Å². The molecule has 0 saturated heterocycles. The van der Waals surface area contributed by atoms with Gasteiger partial charge in [0.2, 0.25) is 5.91 Å². The second-order valence-electron chi connectivity index (χ2n) is 7.31. The fourth-order valence-electron chi connectivity index (χ4n) is 3.60. The maximum absolute atomic E-state index is 12.8. The summed E-state index contributed by atoms with van der Waals surface area (Å²) in [6, 6.07) is 14.2. The summed E-state index contributed by atoms with van der Waals surface area (Å²) < 4.78 is 5.42. The predicted octanol–water partition coefficient (Wildman–Crippen LogP) is 4.73. The molecule has 1 aliphatic carbocycles. The van der Waals surface area contributed by atoms with Crippen LogP contribution in [0, 0.1) is 5.92 Å². The fraction of sp³-hybridized carbons (Fsp3) is 0.348. The summed E-state index contributed by atoms with van der Waals surface area (Å²) in [6.07, 6.45) is 5.07. The van der Waals surface area contributed by atoms with Crippen LogP contribution in [0.25, 0.3) is 0 Å². The number of ether oxygens (including phenoxy) is 1. The highest BCUT2D eigenvalue weighted by Crippen LogP contribution is 2.27. The molecule has 3 rings (SSSR count). The molecule has 0 bridgehead atoms. The normalized spacial score (nSPS) is 13.5. The van der Waals surface area contributed by atoms with Crippen LogP contribution in [0.4, 0.5) is 11.4 Å². The Kier molecular flexibility index (Phi) is 7.79. The topological polar surface area (TPSA) is 79.5 Å². The number of amides is 2. The standard InChI is InChI=1S/C23H27N3O3S/c1-2-29-18-13-11-17(12-14-18)24-22(28)19-9-5-6-10-20(19)25-23(30)26-21(27)15-16-7-3-4-8-16/h5-6,9-14,16H,2-4,7-8,15H2,1H3,(H,24,28)(H2,25,26,27,30). The molecule has 1 saturated carbocycles. The maximum atomic E-state index is 12.8. The molecule has 6 nitrogen and oxygen atoms in total. The van der Waals surface area contributed by atoms with E-state index in [0.717, 1.165) is 18.6 Å². The third kappa shape index (κ3) is 6.29. The average Bonchev–Trinajstić information content (AvgIpc) is 3.22. The number of rotatable bonds is 7. The summed E-state index contributed by atoms with van der Waals surface area (Å²) in [5.41, 5.74) is 1.62. The van der Waals surface area contributed by atoms with E-state index in [9.17, 15) is 9.59 Å². The number of nitrogens with one attached hydrogen (secondary N) is 3. The predicted molar refractivity (Wildman–Crippen MR) is 123 cm³/mol. The molecule has 2 aromatic rings. The lowest BCUT2D eigenvalue weighted by Crippen LogP contribution is -2.35. The first-order valence-electron chi connectivity index (χ1n) is 10.3. The Morgan fingerprint density at radius 2 is 1.73 bits per heavy atom. The van der Waals surface area contributed by atoms with E-state index in [-0.39, 0.29) is 16.9 Å². The molecule has 2 aromatic carbocycles. The van der Waals surface area contributed by atoms with Gasteiger partial charge >= 0.3 is 0 Å². The highest BCUT2D eigenvalue weighted by Gasteiger charge is 2.19. The molecular formula is C23H27N3O3S. The average molecular weight is 426 g/mol. The Morgan fingerprint density at radius 3 is 2.43 bits per heavy atom. The number of hydrogen-bond acceptors (Lipinski definition) is 4. The highest BCUT2D eigenvalue weighted by atomic mass is 32.1. The second-order valence-corrected chi connectivity index (χ2v) is 7.72. The lowest BCUT2D eigenvalue weighted by molar-refractivity contribution is -0.120. The molecule has 0 unspecified atom stereocenters. The number of benzene rings is 2. The van der Waals surface area contributed by atoms with E-state index in [0.29, 0.717) is 35.9 Å². The first kappa shape index (κ1) is 21.8. The molecule has 0 atom stereocenters. The second kappa shape index (κ2) is 10.7. The number of anilines is 2. The van der Waals surface area contributed by atoms with Crippen molar-refractivity contribution in [1.82, 2.24) is 5.32 Å². The van der Waals surface area contributed by atoms with Crippen LogP contribution in [0.2, 0.25) is 0 Å². The van der Waals surface area contributed by atoms with E-state index < -0.39 is 0 Å². The highest BCUT2D eigenvalue weighted by molar-refractivity contribution is 7.80. The first-order valence-corrected chi connectivity index (χ1v) is 10.7. The number of hydrogen-bond donors (Lipinski definition) is 3. The van der Waals surface area contributed by atoms with Gasteiger partial charge in [0, 0.05) is 12.1 Å². The zero-order valence-electron chi connectivity index (χ0n) is 17.1. The number of para-hydroxylation sites is 1. The quantitative estimate of drug-likeness (QED) is 0.559. The molecule has 2 amide bonds. The van der Waals surface area contributed by atoms with Crippen LogP contribution in [0.15, 0.2) is 48.5 Å². The van der Waals surface area contributed by atoms with Crippen LogP contribution in [-0.4, -0.2) is 23.5 Å². The van der Waals surface area contributed by atoms with Gasteiger partial charge in [-0.1, -0.05) is 25.0 Å². The minimum absolute atomic E-state index is 0.0873. The van der Waals surface area contributed by atoms with Crippen LogP contribution in [0.3, 0.4) is 0 Å². The fourth-order valence-corrected chi connectivity index (χ4v) is 3.82. The van der Waals surface area contributed by atoms with Crippen LogP contribution in [-0.2, 0) is 4.79 Å². The Balaban J connectivity index is 1.59. The Hall–Kier alpha value is -2.93. The van der Waals surface area contributed by atoms with Crippen molar-refractivity contribution in [3.8, 4) is 5.75 Å². The van der Waals surface area contributed by atoms with Gasteiger partial charge in [0.15, 0.2) is 5.11 Å². The van der Waals surface area contributed by atoms with E-state index in [2.05, 4.69) is 16.0 Å². The van der Waals surface area contributed by atoms with Crippen molar-refractivity contribution in [2.75, 3.05) is 17.2 Å². The number of carbonyl (C=O) groups excluding carboxylic acids is 2. The summed E-state index contributed by atoms with van der Waals surface area (Å²) in [5.74, 6) is 0.828. The van der Waals surface area contributed by atoms with Gasteiger partial charge in [-0.2, -0.15) is 0 Å². The van der Waals surface area contributed by atoms with Gasteiger partial charge in [0.1, 0.15) is 5.75 Å². The van der Waals surface area contributed by atoms with Crippen molar-refractivity contribution in [1.29, 1.82) is 0 Å². The minimum Gasteiger partial charge on any atom is -0.494 e. The summed E-state index contributed by atoms with van der Waals surface area (Å²) in [6.45, 7) is 2.50. The van der Waals surface area contributed by atoms with Crippen molar-refractivity contribution in [2.45, 2.75) is 39.0 Å². The van der Waals surface area contributed by atoms with Gasteiger partial charge < -0.3 is 20.7 Å². The smallest absolute Gasteiger partial charge is 0.257 e.